The molecule has 2 rings (SSSR count). The zero-order valence-corrected chi connectivity index (χ0v) is 8.47. The molecular formula is C9H13N5O. The standard InChI is InChI=1S/C9H13N5O/c1-7(8-2-5-12-13-8)10-4-3-9-11-6-15-14-9/h2,5-7,10H,3-4H2,1H3,(H,12,13). The van der Waals surface area contributed by atoms with Gasteiger partial charge in [0.15, 0.2) is 5.82 Å². The largest absolute Gasteiger partial charge is 0.343 e. The number of aromatic amines is 1. The van der Waals surface area contributed by atoms with E-state index in [2.05, 4.69) is 37.1 Å². The minimum Gasteiger partial charge on any atom is -0.343 e. The monoisotopic (exact) mass is 207 g/mol. The molecule has 0 aromatic carbocycles. The summed E-state index contributed by atoms with van der Waals surface area (Å²) in [6.07, 6.45) is 3.84. The van der Waals surface area contributed by atoms with Gasteiger partial charge in [-0.1, -0.05) is 5.16 Å². The van der Waals surface area contributed by atoms with Crippen molar-refractivity contribution in [3.8, 4) is 0 Å². The average Bonchev–Trinajstić information content (AvgIpc) is 2.90. The van der Waals surface area contributed by atoms with Gasteiger partial charge in [0, 0.05) is 25.2 Å². The maximum Gasteiger partial charge on any atom is 0.213 e. The van der Waals surface area contributed by atoms with E-state index in [0.717, 1.165) is 24.5 Å². The number of rotatable bonds is 5. The van der Waals surface area contributed by atoms with Crippen molar-refractivity contribution in [2.45, 2.75) is 19.4 Å². The van der Waals surface area contributed by atoms with Gasteiger partial charge in [-0.15, -0.1) is 0 Å². The van der Waals surface area contributed by atoms with Gasteiger partial charge < -0.3 is 9.84 Å². The Morgan fingerprint density at radius 2 is 2.53 bits per heavy atom. The van der Waals surface area contributed by atoms with E-state index in [0.29, 0.717) is 0 Å². The Balaban J connectivity index is 1.74. The third kappa shape index (κ3) is 2.63. The molecule has 1 atom stereocenters. The maximum atomic E-state index is 4.64. The molecule has 0 saturated heterocycles. The summed E-state index contributed by atoms with van der Waals surface area (Å²) in [6.45, 7) is 2.88. The smallest absolute Gasteiger partial charge is 0.213 e. The van der Waals surface area contributed by atoms with Crippen LogP contribution < -0.4 is 5.32 Å². The third-order valence-electron chi connectivity index (χ3n) is 2.19. The van der Waals surface area contributed by atoms with Crippen molar-refractivity contribution in [2.24, 2.45) is 0 Å². The average molecular weight is 207 g/mol. The van der Waals surface area contributed by atoms with Crippen LogP contribution in [0.5, 0.6) is 0 Å². The van der Waals surface area contributed by atoms with Crippen LogP contribution in [0.4, 0.5) is 0 Å². The Morgan fingerprint density at radius 1 is 1.60 bits per heavy atom. The molecule has 0 fully saturated rings. The van der Waals surface area contributed by atoms with Crippen LogP contribution in [0.15, 0.2) is 23.2 Å². The van der Waals surface area contributed by atoms with Crippen molar-refractivity contribution in [2.75, 3.05) is 6.54 Å². The molecule has 2 heterocycles. The molecule has 0 radical (unpaired) electrons. The molecule has 80 valence electrons. The molecule has 15 heavy (non-hydrogen) atoms. The van der Waals surface area contributed by atoms with Gasteiger partial charge in [-0.3, -0.25) is 5.10 Å². The third-order valence-corrected chi connectivity index (χ3v) is 2.19. The minimum absolute atomic E-state index is 0.249. The van der Waals surface area contributed by atoms with Crippen LogP contribution in [0.1, 0.15) is 24.5 Å². The topological polar surface area (TPSA) is 79.6 Å². The highest BCUT2D eigenvalue weighted by atomic mass is 16.5. The highest BCUT2D eigenvalue weighted by molar-refractivity contribution is 5.02. The Kier molecular flexibility index (Phi) is 3.08. The van der Waals surface area contributed by atoms with Crippen LogP contribution >= 0.6 is 0 Å². The van der Waals surface area contributed by atoms with Crippen molar-refractivity contribution in [3.05, 3.63) is 30.2 Å². The van der Waals surface area contributed by atoms with E-state index in [1.165, 1.54) is 6.39 Å². The van der Waals surface area contributed by atoms with Crippen LogP contribution in [0.3, 0.4) is 0 Å². The van der Waals surface area contributed by atoms with Crippen molar-refractivity contribution < 1.29 is 4.52 Å². The lowest BCUT2D eigenvalue weighted by molar-refractivity contribution is 0.408. The Morgan fingerprint density at radius 3 is 3.20 bits per heavy atom. The normalized spacial score (nSPS) is 12.9. The lowest BCUT2D eigenvalue weighted by atomic mass is 10.2. The highest BCUT2D eigenvalue weighted by Crippen LogP contribution is 2.06. The van der Waals surface area contributed by atoms with Gasteiger partial charge in [0.2, 0.25) is 6.39 Å². The van der Waals surface area contributed by atoms with Gasteiger partial charge in [-0.2, -0.15) is 10.1 Å². The van der Waals surface area contributed by atoms with E-state index < -0.39 is 0 Å². The Labute approximate surface area is 87.1 Å². The fourth-order valence-electron chi connectivity index (χ4n) is 1.32. The molecule has 6 nitrogen and oxygen atoms in total. The summed E-state index contributed by atoms with van der Waals surface area (Å²) in [5.74, 6) is 0.722. The summed E-state index contributed by atoms with van der Waals surface area (Å²) < 4.78 is 4.64. The number of hydrogen-bond donors (Lipinski definition) is 2. The number of nitrogens with zero attached hydrogens (tertiary/aromatic N) is 3. The quantitative estimate of drug-likeness (QED) is 0.753. The second-order valence-corrected chi connectivity index (χ2v) is 3.29. The second kappa shape index (κ2) is 4.70. The molecule has 2 aromatic rings. The first-order valence-corrected chi connectivity index (χ1v) is 4.84. The molecule has 0 amide bonds. The summed E-state index contributed by atoms with van der Waals surface area (Å²) in [6, 6.07) is 2.20. The van der Waals surface area contributed by atoms with E-state index in [-0.39, 0.29) is 6.04 Å². The molecule has 6 heteroatoms. The molecule has 0 spiro atoms. The first kappa shape index (κ1) is 9.85. The first-order valence-electron chi connectivity index (χ1n) is 4.84. The number of hydrogen-bond acceptors (Lipinski definition) is 5. The number of nitrogens with one attached hydrogen (secondary N) is 2. The zero-order chi connectivity index (χ0) is 10.5. The maximum absolute atomic E-state index is 4.64. The molecule has 0 aliphatic carbocycles. The Hall–Kier alpha value is -1.69. The summed E-state index contributed by atoms with van der Waals surface area (Å²) >= 11 is 0. The molecule has 0 aliphatic heterocycles. The molecule has 0 saturated carbocycles. The Bertz CT molecular complexity index is 369. The fraction of sp³-hybridized carbons (Fsp3) is 0.444. The van der Waals surface area contributed by atoms with E-state index in [4.69, 9.17) is 0 Å². The van der Waals surface area contributed by atoms with E-state index in [9.17, 15) is 0 Å². The van der Waals surface area contributed by atoms with Gasteiger partial charge in [0.1, 0.15) is 0 Å². The first-order chi connectivity index (χ1) is 7.36. The van der Waals surface area contributed by atoms with Crippen molar-refractivity contribution >= 4 is 0 Å². The van der Waals surface area contributed by atoms with Crippen molar-refractivity contribution in [1.82, 2.24) is 25.7 Å². The summed E-state index contributed by atoms with van der Waals surface area (Å²) in [5, 5.41) is 13.9. The van der Waals surface area contributed by atoms with Crippen molar-refractivity contribution in [3.63, 3.8) is 0 Å². The van der Waals surface area contributed by atoms with Gasteiger partial charge in [-0.25, -0.2) is 0 Å². The molecule has 2 N–H and O–H groups in total. The predicted molar refractivity (Wildman–Crippen MR) is 53.0 cm³/mol. The lowest BCUT2D eigenvalue weighted by Gasteiger charge is -2.10. The predicted octanol–water partition coefficient (Wildman–Crippen LogP) is 0.686. The molecule has 1 unspecified atom stereocenters. The summed E-state index contributed by atoms with van der Waals surface area (Å²) in [5.41, 5.74) is 1.07. The minimum atomic E-state index is 0.249. The van der Waals surface area contributed by atoms with Crippen LogP contribution in [-0.4, -0.2) is 26.9 Å². The van der Waals surface area contributed by atoms with E-state index >= 15 is 0 Å². The summed E-state index contributed by atoms with van der Waals surface area (Å²) in [4.78, 5) is 3.94. The number of aromatic nitrogens is 4. The molecular weight excluding hydrogens is 194 g/mol. The van der Waals surface area contributed by atoms with E-state index in [1.54, 1.807) is 6.20 Å². The van der Waals surface area contributed by atoms with Crippen LogP contribution in [0, 0.1) is 0 Å². The highest BCUT2D eigenvalue weighted by Gasteiger charge is 2.05. The lowest BCUT2D eigenvalue weighted by Crippen LogP contribution is -2.22. The zero-order valence-electron chi connectivity index (χ0n) is 8.47. The van der Waals surface area contributed by atoms with Gasteiger partial charge >= 0.3 is 0 Å². The molecule has 0 bridgehead atoms. The number of H-pyrrole nitrogens is 1. The second-order valence-electron chi connectivity index (χ2n) is 3.29. The fourth-order valence-corrected chi connectivity index (χ4v) is 1.32. The van der Waals surface area contributed by atoms with Crippen molar-refractivity contribution in [1.29, 1.82) is 0 Å². The van der Waals surface area contributed by atoms with Gasteiger partial charge in [0.25, 0.3) is 0 Å². The van der Waals surface area contributed by atoms with Crippen LogP contribution in [0.2, 0.25) is 0 Å². The van der Waals surface area contributed by atoms with Crippen LogP contribution in [-0.2, 0) is 6.42 Å². The van der Waals surface area contributed by atoms with E-state index in [1.807, 2.05) is 6.07 Å². The van der Waals surface area contributed by atoms with Gasteiger partial charge in [0.05, 0.1) is 5.69 Å². The summed E-state index contributed by atoms with van der Waals surface area (Å²) in [7, 11) is 0. The SMILES string of the molecule is CC(NCCc1ncon1)c1ccn[nH]1. The van der Waals surface area contributed by atoms with Crippen LogP contribution in [0.25, 0.3) is 0 Å². The molecule has 2 aromatic heterocycles. The molecule has 0 aliphatic rings. The van der Waals surface area contributed by atoms with Gasteiger partial charge in [-0.05, 0) is 13.0 Å².